The minimum atomic E-state index is -3.89. The highest BCUT2D eigenvalue weighted by Gasteiger charge is 2.26. The van der Waals surface area contributed by atoms with Gasteiger partial charge in [-0.3, -0.25) is 0 Å². The first-order valence-corrected chi connectivity index (χ1v) is 12.4. The first-order valence-electron chi connectivity index (χ1n) is 8.64. The maximum absolute atomic E-state index is 12.7. The second-order valence-electron chi connectivity index (χ2n) is 6.24. The van der Waals surface area contributed by atoms with E-state index in [0.29, 0.717) is 22.8 Å². The summed E-state index contributed by atoms with van der Waals surface area (Å²) in [6, 6.07) is 17.6. The van der Waals surface area contributed by atoms with Crippen LogP contribution in [0, 0.1) is 0 Å². The van der Waals surface area contributed by atoms with E-state index in [2.05, 4.69) is 4.72 Å². The third kappa shape index (κ3) is 4.15. The van der Waals surface area contributed by atoms with E-state index in [1.807, 2.05) is 6.07 Å². The summed E-state index contributed by atoms with van der Waals surface area (Å²) >= 11 is 0.706. The number of hydrogen-bond donors (Lipinski definition) is 1. The molecule has 0 unspecified atom stereocenters. The van der Waals surface area contributed by atoms with Crippen molar-refractivity contribution in [3.63, 3.8) is 0 Å². The quantitative estimate of drug-likeness (QED) is 0.619. The molecule has 7 nitrogen and oxygen atoms in total. The maximum atomic E-state index is 12.7. The minimum absolute atomic E-state index is 0.00463. The number of nitrogens with one attached hydrogen (secondary N) is 1. The van der Waals surface area contributed by atoms with E-state index in [1.54, 1.807) is 36.4 Å². The molecule has 0 aliphatic carbocycles. The lowest BCUT2D eigenvalue weighted by Gasteiger charge is -2.26. The number of sulfonamides is 1. The summed E-state index contributed by atoms with van der Waals surface area (Å²) in [5, 5.41) is 0. The zero-order valence-electron chi connectivity index (χ0n) is 15.0. The van der Waals surface area contributed by atoms with Crippen LogP contribution in [0.2, 0.25) is 0 Å². The van der Waals surface area contributed by atoms with Crippen LogP contribution >= 0.6 is 11.3 Å². The topological polar surface area (TPSA) is 98.8 Å². The largest absolute Gasteiger partial charge is 0.486 e. The Kier molecular flexibility index (Phi) is 5.34. The summed E-state index contributed by atoms with van der Waals surface area (Å²) in [5.74, 6) is 1.16. The summed E-state index contributed by atoms with van der Waals surface area (Å²) < 4.78 is 64.2. The second-order valence-corrected chi connectivity index (χ2v) is 11.5. The Morgan fingerprint density at radius 3 is 2.28 bits per heavy atom. The monoisotopic (exact) mass is 451 g/mol. The number of sulfone groups is 1. The van der Waals surface area contributed by atoms with Gasteiger partial charge in [0.15, 0.2) is 11.5 Å². The third-order valence-electron chi connectivity index (χ3n) is 4.21. The summed E-state index contributed by atoms with van der Waals surface area (Å²) in [4.78, 5) is 0.116. The molecule has 0 spiro atoms. The van der Waals surface area contributed by atoms with Crippen LogP contribution < -0.4 is 14.2 Å². The van der Waals surface area contributed by atoms with Crippen LogP contribution in [0.4, 0.5) is 0 Å². The van der Waals surface area contributed by atoms with Gasteiger partial charge < -0.3 is 9.47 Å². The molecule has 3 aromatic rings. The fourth-order valence-electron chi connectivity index (χ4n) is 2.75. The van der Waals surface area contributed by atoms with Gasteiger partial charge in [0, 0.05) is 0 Å². The highest BCUT2D eigenvalue weighted by molar-refractivity contribution is 7.95. The molecule has 29 heavy (non-hydrogen) atoms. The lowest BCUT2D eigenvalue weighted by Crippen LogP contribution is -2.40. The highest BCUT2D eigenvalue weighted by Crippen LogP contribution is 2.32. The van der Waals surface area contributed by atoms with Crippen LogP contribution in [0.15, 0.2) is 80.0 Å². The molecule has 1 aliphatic heterocycles. The minimum Gasteiger partial charge on any atom is -0.486 e. The van der Waals surface area contributed by atoms with Crippen molar-refractivity contribution in [2.45, 2.75) is 19.4 Å². The molecule has 0 saturated carbocycles. The van der Waals surface area contributed by atoms with Gasteiger partial charge in [-0.1, -0.05) is 30.3 Å². The molecule has 2 aromatic carbocycles. The number of para-hydroxylation sites is 2. The van der Waals surface area contributed by atoms with Crippen molar-refractivity contribution in [3.05, 3.63) is 66.7 Å². The van der Waals surface area contributed by atoms with Crippen molar-refractivity contribution in [2.75, 3.05) is 13.2 Å². The van der Waals surface area contributed by atoms with Crippen LogP contribution in [0.3, 0.4) is 0 Å². The van der Waals surface area contributed by atoms with Crippen molar-refractivity contribution in [3.8, 4) is 11.5 Å². The Morgan fingerprint density at radius 1 is 0.862 bits per heavy atom. The number of fused-ring (bicyclic) bond motifs is 1. The van der Waals surface area contributed by atoms with Crippen molar-refractivity contribution >= 4 is 31.2 Å². The zero-order chi connectivity index (χ0) is 20.5. The number of hydrogen-bond acceptors (Lipinski definition) is 7. The second kappa shape index (κ2) is 7.79. The van der Waals surface area contributed by atoms with E-state index in [4.69, 9.17) is 9.47 Å². The van der Waals surface area contributed by atoms with Crippen LogP contribution in [0.5, 0.6) is 11.5 Å². The average molecular weight is 452 g/mol. The van der Waals surface area contributed by atoms with E-state index in [9.17, 15) is 16.8 Å². The van der Waals surface area contributed by atoms with Crippen LogP contribution in [-0.4, -0.2) is 36.1 Å². The van der Waals surface area contributed by atoms with Crippen LogP contribution in [0.1, 0.15) is 0 Å². The first-order chi connectivity index (χ1) is 13.9. The molecule has 1 atom stereocenters. The smallest absolute Gasteiger partial charge is 0.250 e. The SMILES string of the molecule is O=S(=O)(NC[C@@H]1COc2ccccc2O1)c1ccc(S(=O)(=O)c2ccccc2)s1. The van der Waals surface area contributed by atoms with E-state index in [-0.39, 0.29) is 26.5 Å². The van der Waals surface area contributed by atoms with E-state index >= 15 is 0 Å². The number of ether oxygens (including phenoxy) is 2. The lowest BCUT2D eigenvalue weighted by molar-refractivity contribution is 0.0943. The fraction of sp³-hybridized carbons (Fsp3) is 0.158. The summed E-state index contributed by atoms with van der Waals surface area (Å²) in [5.41, 5.74) is 0. The predicted molar refractivity (Wildman–Crippen MR) is 108 cm³/mol. The van der Waals surface area contributed by atoms with Crippen molar-refractivity contribution < 1.29 is 26.3 Å². The van der Waals surface area contributed by atoms with E-state index in [1.165, 1.54) is 24.3 Å². The van der Waals surface area contributed by atoms with Crippen molar-refractivity contribution in [1.82, 2.24) is 4.72 Å². The third-order valence-corrected chi connectivity index (χ3v) is 9.47. The number of thiophene rings is 1. The standard InChI is InChI=1S/C19H17NO6S3/c21-28(22,15-6-2-1-3-7-15)18-10-11-19(27-18)29(23,24)20-12-14-13-25-16-8-4-5-9-17(16)26-14/h1-11,14,20H,12-13H2/t14-/m1/s1. The number of benzene rings is 2. The van der Waals surface area contributed by atoms with Gasteiger partial charge in [-0.25, -0.2) is 21.6 Å². The molecule has 4 rings (SSSR count). The van der Waals surface area contributed by atoms with Gasteiger partial charge in [0.2, 0.25) is 19.9 Å². The molecule has 0 amide bonds. The summed E-state index contributed by atoms with van der Waals surface area (Å²) in [7, 11) is -7.66. The average Bonchev–Trinajstić information content (AvgIpc) is 3.25. The normalized spacial score (nSPS) is 16.5. The molecule has 1 N–H and O–H groups in total. The van der Waals surface area contributed by atoms with Gasteiger partial charge in [-0.05, 0) is 36.4 Å². The Hall–Kier alpha value is -2.40. The molecule has 2 heterocycles. The molecule has 1 aliphatic rings. The van der Waals surface area contributed by atoms with Gasteiger partial charge in [-0.2, -0.15) is 0 Å². The van der Waals surface area contributed by atoms with Gasteiger partial charge in [0.1, 0.15) is 21.1 Å². The molecule has 0 fully saturated rings. The van der Waals surface area contributed by atoms with Gasteiger partial charge in [0.05, 0.1) is 11.4 Å². The predicted octanol–water partition coefficient (Wildman–Crippen LogP) is 2.70. The molecule has 152 valence electrons. The van der Waals surface area contributed by atoms with Crippen LogP contribution in [-0.2, 0) is 19.9 Å². The molecule has 0 bridgehead atoms. The Morgan fingerprint density at radius 2 is 1.52 bits per heavy atom. The lowest BCUT2D eigenvalue weighted by atomic mass is 10.2. The molecule has 0 radical (unpaired) electrons. The van der Waals surface area contributed by atoms with Gasteiger partial charge in [-0.15, -0.1) is 11.3 Å². The molecular weight excluding hydrogens is 434 g/mol. The van der Waals surface area contributed by atoms with Gasteiger partial charge in [0.25, 0.3) is 0 Å². The molecule has 10 heteroatoms. The highest BCUT2D eigenvalue weighted by atomic mass is 32.3. The van der Waals surface area contributed by atoms with Gasteiger partial charge >= 0.3 is 0 Å². The fourth-order valence-corrected chi connectivity index (χ4v) is 7.05. The molecule has 0 saturated heterocycles. The first kappa shape index (κ1) is 19.9. The van der Waals surface area contributed by atoms with E-state index in [0.717, 1.165) is 0 Å². The zero-order valence-corrected chi connectivity index (χ0v) is 17.5. The Bertz CT molecular complexity index is 1220. The summed E-state index contributed by atoms with van der Waals surface area (Å²) in [6.07, 6.45) is -0.493. The van der Waals surface area contributed by atoms with Crippen molar-refractivity contribution in [2.24, 2.45) is 0 Å². The van der Waals surface area contributed by atoms with E-state index < -0.39 is 26.0 Å². The molecular formula is C19H17NO6S3. The Labute approximate surface area is 172 Å². The van der Waals surface area contributed by atoms with Crippen molar-refractivity contribution in [1.29, 1.82) is 0 Å². The van der Waals surface area contributed by atoms with Crippen LogP contribution in [0.25, 0.3) is 0 Å². The summed E-state index contributed by atoms with van der Waals surface area (Å²) in [6.45, 7) is 0.201. The maximum Gasteiger partial charge on any atom is 0.250 e. The molecule has 1 aromatic heterocycles. The number of rotatable bonds is 6. The Balaban J connectivity index is 1.47.